The standard InChI is InChI=1S/C21H32N4O2/c1-2-22-20(24-16-21(27)10-6-11-21)23-14-18-13-19(26)25(15-18)12-9-17-7-4-3-5-8-17/h3-5,7-8,18,27H,2,6,9-16H2,1H3,(H2,22,23,24). The number of amides is 1. The fourth-order valence-electron chi connectivity index (χ4n) is 3.67. The summed E-state index contributed by atoms with van der Waals surface area (Å²) in [6.07, 6.45) is 4.24. The van der Waals surface area contributed by atoms with Gasteiger partial charge in [-0.3, -0.25) is 9.79 Å². The number of nitrogens with one attached hydrogen (secondary N) is 2. The number of aliphatic hydroxyl groups is 1. The maximum atomic E-state index is 12.3. The van der Waals surface area contributed by atoms with Crippen LogP contribution in [0.15, 0.2) is 35.3 Å². The molecule has 1 heterocycles. The van der Waals surface area contributed by atoms with E-state index >= 15 is 0 Å². The molecule has 1 aromatic carbocycles. The monoisotopic (exact) mass is 372 g/mol. The van der Waals surface area contributed by atoms with Gasteiger partial charge in [-0.15, -0.1) is 0 Å². The van der Waals surface area contributed by atoms with Crippen molar-refractivity contribution in [1.29, 1.82) is 0 Å². The first-order chi connectivity index (χ1) is 13.1. The molecule has 0 radical (unpaired) electrons. The van der Waals surface area contributed by atoms with Gasteiger partial charge in [0.25, 0.3) is 0 Å². The van der Waals surface area contributed by atoms with Crippen LogP contribution >= 0.6 is 0 Å². The van der Waals surface area contributed by atoms with Crippen LogP contribution in [0, 0.1) is 5.92 Å². The van der Waals surface area contributed by atoms with Crippen LogP contribution in [0.2, 0.25) is 0 Å². The van der Waals surface area contributed by atoms with Gasteiger partial charge in [-0.05, 0) is 38.2 Å². The Morgan fingerprint density at radius 2 is 2.07 bits per heavy atom. The molecule has 1 unspecified atom stereocenters. The average Bonchev–Trinajstić information content (AvgIpc) is 3.01. The lowest BCUT2D eigenvalue weighted by Crippen LogP contribution is -2.44. The van der Waals surface area contributed by atoms with Crippen LogP contribution in [0.5, 0.6) is 0 Å². The van der Waals surface area contributed by atoms with Gasteiger partial charge in [0.1, 0.15) is 0 Å². The molecule has 0 aromatic heterocycles. The predicted octanol–water partition coefficient (Wildman–Crippen LogP) is 1.55. The van der Waals surface area contributed by atoms with Crippen LogP contribution in [0.1, 0.15) is 38.2 Å². The van der Waals surface area contributed by atoms with Crippen LogP contribution in [-0.4, -0.2) is 60.2 Å². The fraction of sp³-hybridized carbons (Fsp3) is 0.619. The third kappa shape index (κ3) is 5.70. The molecule has 1 saturated heterocycles. The number of nitrogens with zero attached hydrogens (tertiary/aromatic N) is 2. The Hall–Kier alpha value is -2.08. The third-order valence-corrected chi connectivity index (χ3v) is 5.53. The number of rotatable bonds is 8. The zero-order valence-electron chi connectivity index (χ0n) is 16.3. The number of carbonyl (C=O) groups is 1. The van der Waals surface area contributed by atoms with Crippen molar-refractivity contribution in [3.05, 3.63) is 35.9 Å². The summed E-state index contributed by atoms with van der Waals surface area (Å²) in [7, 11) is 0. The Balaban J connectivity index is 1.44. The van der Waals surface area contributed by atoms with Crippen LogP contribution < -0.4 is 10.6 Å². The van der Waals surface area contributed by atoms with Crippen LogP contribution in [0.25, 0.3) is 0 Å². The molecule has 1 atom stereocenters. The van der Waals surface area contributed by atoms with Crippen molar-refractivity contribution in [2.75, 3.05) is 32.7 Å². The second kappa shape index (κ2) is 9.22. The van der Waals surface area contributed by atoms with Crippen molar-refractivity contribution in [2.24, 2.45) is 10.9 Å². The molecule has 1 aliphatic carbocycles. The molecule has 0 spiro atoms. The second-order valence-electron chi connectivity index (χ2n) is 7.80. The van der Waals surface area contributed by atoms with Gasteiger partial charge in [-0.25, -0.2) is 0 Å². The van der Waals surface area contributed by atoms with Crippen LogP contribution in [0.4, 0.5) is 0 Å². The summed E-state index contributed by atoms with van der Waals surface area (Å²) in [6.45, 7) is 5.53. The van der Waals surface area contributed by atoms with Gasteiger partial charge >= 0.3 is 0 Å². The lowest BCUT2D eigenvalue weighted by atomic mass is 9.80. The molecule has 2 fully saturated rings. The first kappa shape index (κ1) is 19.7. The largest absolute Gasteiger partial charge is 0.388 e. The third-order valence-electron chi connectivity index (χ3n) is 5.53. The number of aliphatic imine (C=N–C) groups is 1. The van der Waals surface area contributed by atoms with Crippen molar-refractivity contribution in [3.63, 3.8) is 0 Å². The molecule has 2 aliphatic rings. The first-order valence-corrected chi connectivity index (χ1v) is 10.1. The highest BCUT2D eigenvalue weighted by Crippen LogP contribution is 2.31. The van der Waals surface area contributed by atoms with Crippen molar-refractivity contribution < 1.29 is 9.90 Å². The molecule has 0 bridgehead atoms. The van der Waals surface area contributed by atoms with E-state index in [9.17, 15) is 9.90 Å². The number of hydrogen-bond acceptors (Lipinski definition) is 3. The van der Waals surface area contributed by atoms with Gasteiger partial charge < -0.3 is 20.6 Å². The first-order valence-electron chi connectivity index (χ1n) is 10.1. The molecule has 3 rings (SSSR count). The molecule has 27 heavy (non-hydrogen) atoms. The summed E-state index contributed by atoms with van der Waals surface area (Å²) < 4.78 is 0. The SMILES string of the molecule is CCNC(=NCC1(O)CCC1)NCC1CC(=O)N(CCc2ccccc2)C1. The summed E-state index contributed by atoms with van der Waals surface area (Å²) in [5.41, 5.74) is 0.655. The molecule has 6 heteroatoms. The summed E-state index contributed by atoms with van der Waals surface area (Å²) >= 11 is 0. The highest BCUT2D eigenvalue weighted by atomic mass is 16.3. The Kier molecular flexibility index (Phi) is 6.72. The van der Waals surface area contributed by atoms with Gasteiger partial charge in [-0.2, -0.15) is 0 Å². The van der Waals surface area contributed by atoms with Gasteiger partial charge in [0.2, 0.25) is 5.91 Å². The molecular formula is C21H32N4O2. The van der Waals surface area contributed by atoms with Crippen molar-refractivity contribution in [3.8, 4) is 0 Å². The minimum atomic E-state index is -0.611. The zero-order valence-corrected chi connectivity index (χ0v) is 16.3. The van der Waals surface area contributed by atoms with E-state index < -0.39 is 5.60 Å². The van der Waals surface area contributed by atoms with Crippen LogP contribution in [0.3, 0.4) is 0 Å². The molecule has 3 N–H and O–H groups in total. The summed E-state index contributed by atoms with van der Waals surface area (Å²) in [5, 5.41) is 16.8. The van der Waals surface area contributed by atoms with E-state index in [1.165, 1.54) is 5.56 Å². The Labute approximate surface area is 162 Å². The second-order valence-corrected chi connectivity index (χ2v) is 7.80. The van der Waals surface area contributed by atoms with Crippen molar-refractivity contribution in [2.45, 2.75) is 44.6 Å². The van der Waals surface area contributed by atoms with Gasteiger partial charge in [-0.1, -0.05) is 30.3 Å². The molecule has 148 valence electrons. The number of carbonyl (C=O) groups excluding carboxylic acids is 1. The number of likely N-dealkylation sites (tertiary alicyclic amines) is 1. The Morgan fingerprint density at radius 1 is 1.30 bits per heavy atom. The highest BCUT2D eigenvalue weighted by Gasteiger charge is 2.34. The molecule has 1 aromatic rings. The minimum absolute atomic E-state index is 0.239. The van der Waals surface area contributed by atoms with Crippen molar-refractivity contribution >= 4 is 11.9 Å². The fourth-order valence-corrected chi connectivity index (χ4v) is 3.67. The average molecular weight is 373 g/mol. The van der Waals surface area contributed by atoms with E-state index in [-0.39, 0.29) is 5.91 Å². The van der Waals surface area contributed by atoms with E-state index in [1.807, 2.05) is 30.0 Å². The number of benzene rings is 1. The van der Waals surface area contributed by atoms with E-state index in [1.54, 1.807) is 0 Å². The minimum Gasteiger partial charge on any atom is -0.388 e. The van der Waals surface area contributed by atoms with Crippen LogP contribution in [-0.2, 0) is 11.2 Å². The summed E-state index contributed by atoms with van der Waals surface area (Å²) in [5.74, 6) is 1.26. The lowest BCUT2D eigenvalue weighted by Gasteiger charge is -2.35. The van der Waals surface area contributed by atoms with E-state index in [0.29, 0.717) is 18.9 Å². The van der Waals surface area contributed by atoms with E-state index in [0.717, 1.165) is 57.8 Å². The molecule has 6 nitrogen and oxygen atoms in total. The molecule has 1 amide bonds. The molecule has 1 saturated carbocycles. The van der Waals surface area contributed by atoms with Crippen molar-refractivity contribution in [1.82, 2.24) is 15.5 Å². The van der Waals surface area contributed by atoms with Gasteiger partial charge in [0, 0.05) is 38.5 Å². The highest BCUT2D eigenvalue weighted by molar-refractivity contribution is 5.81. The summed E-state index contributed by atoms with van der Waals surface area (Å²) in [6, 6.07) is 10.3. The normalized spacial score (nSPS) is 21.9. The zero-order chi connectivity index (χ0) is 19.1. The molecule has 1 aliphatic heterocycles. The Morgan fingerprint density at radius 3 is 2.74 bits per heavy atom. The number of hydrogen-bond donors (Lipinski definition) is 3. The topological polar surface area (TPSA) is 77.0 Å². The maximum Gasteiger partial charge on any atom is 0.223 e. The van der Waals surface area contributed by atoms with E-state index in [2.05, 4.69) is 27.8 Å². The number of guanidine groups is 1. The quantitative estimate of drug-likeness (QED) is 0.478. The smallest absolute Gasteiger partial charge is 0.223 e. The van der Waals surface area contributed by atoms with Gasteiger partial charge in [0.05, 0.1) is 12.1 Å². The lowest BCUT2D eigenvalue weighted by molar-refractivity contribution is -0.127. The summed E-state index contributed by atoms with van der Waals surface area (Å²) in [4.78, 5) is 18.8. The molecular weight excluding hydrogens is 340 g/mol. The predicted molar refractivity (Wildman–Crippen MR) is 108 cm³/mol. The van der Waals surface area contributed by atoms with E-state index in [4.69, 9.17) is 0 Å². The Bertz CT molecular complexity index is 643. The maximum absolute atomic E-state index is 12.3. The van der Waals surface area contributed by atoms with Gasteiger partial charge in [0.15, 0.2) is 5.96 Å².